The van der Waals surface area contributed by atoms with E-state index in [0.29, 0.717) is 0 Å². The maximum absolute atomic E-state index is 6.95. The van der Waals surface area contributed by atoms with Gasteiger partial charge in [0.2, 0.25) is 0 Å². The normalized spacial score (nSPS) is 13.5. The van der Waals surface area contributed by atoms with Crippen LogP contribution in [-0.4, -0.2) is 9.13 Å². The van der Waals surface area contributed by atoms with Crippen LogP contribution in [0.2, 0.25) is 0 Å². The summed E-state index contributed by atoms with van der Waals surface area (Å²) in [5, 5.41) is 8.06. The van der Waals surface area contributed by atoms with Crippen molar-refractivity contribution in [2.45, 2.75) is 0 Å². The highest BCUT2D eigenvalue weighted by Gasteiger charge is 2.42. The molecule has 11 aromatic rings. The summed E-state index contributed by atoms with van der Waals surface area (Å²) >= 11 is 6.95. The van der Waals surface area contributed by atoms with Crippen LogP contribution in [0.15, 0.2) is 200 Å². The van der Waals surface area contributed by atoms with Crippen molar-refractivity contribution in [3.05, 3.63) is 200 Å². The fourth-order valence-electron chi connectivity index (χ4n) is 9.71. The zero-order chi connectivity index (χ0) is 39.5. The fourth-order valence-corrected chi connectivity index (χ4v) is 14.2. The smallest absolute Gasteiger partial charge is 0.140 e. The first kappa shape index (κ1) is 33.8. The monoisotopic (exact) mass is 804 g/mol. The van der Waals surface area contributed by atoms with Crippen molar-refractivity contribution < 1.29 is 9.47 Å². The van der Waals surface area contributed by atoms with Crippen molar-refractivity contribution in [2.24, 2.45) is 0 Å². The third kappa shape index (κ3) is 4.76. The van der Waals surface area contributed by atoms with Gasteiger partial charge in [0, 0.05) is 43.5 Å². The van der Waals surface area contributed by atoms with E-state index < -0.39 is 6.04 Å². The molecule has 2 aromatic heterocycles. The molecule has 282 valence electrons. The average Bonchev–Trinajstić information content (AvgIpc) is 3.82. The van der Waals surface area contributed by atoms with Gasteiger partial charge in [-0.05, 0) is 107 Å². The lowest BCUT2D eigenvalue weighted by molar-refractivity contribution is 0.466. The van der Waals surface area contributed by atoms with Gasteiger partial charge in [0.25, 0.3) is 0 Å². The Labute approximate surface area is 351 Å². The van der Waals surface area contributed by atoms with Gasteiger partial charge in [-0.3, -0.25) is 0 Å². The van der Waals surface area contributed by atoms with Gasteiger partial charge in [-0.25, -0.2) is 0 Å². The molecule has 4 nitrogen and oxygen atoms in total. The molecule has 0 radical (unpaired) electrons. The van der Waals surface area contributed by atoms with E-state index >= 15 is 0 Å². The van der Waals surface area contributed by atoms with Crippen molar-refractivity contribution in [3.63, 3.8) is 0 Å². The van der Waals surface area contributed by atoms with Gasteiger partial charge in [0.05, 0.1) is 33.4 Å². The van der Waals surface area contributed by atoms with Crippen LogP contribution in [0.3, 0.4) is 0 Å². The molecule has 2 aliphatic heterocycles. The molecule has 4 heterocycles. The van der Waals surface area contributed by atoms with E-state index in [9.17, 15) is 0 Å². The molecule has 0 amide bonds. The first-order chi connectivity index (χ1) is 29.6. The first-order valence-electron chi connectivity index (χ1n) is 20.2. The molecular weight excluding hydrogens is 772 g/mol. The van der Waals surface area contributed by atoms with Crippen LogP contribution < -0.4 is 25.4 Å². The van der Waals surface area contributed by atoms with Crippen LogP contribution in [0.4, 0.5) is 0 Å². The largest absolute Gasteiger partial charge is 0.456 e. The Morgan fingerprint density at radius 1 is 0.333 bits per heavy atom. The van der Waals surface area contributed by atoms with Crippen LogP contribution in [0.1, 0.15) is 0 Å². The molecule has 60 heavy (non-hydrogen) atoms. The topological polar surface area (TPSA) is 28.3 Å². The number of hydrogen-bond donors (Lipinski definition) is 0. The van der Waals surface area contributed by atoms with E-state index in [1.165, 1.54) is 43.6 Å². The maximum atomic E-state index is 6.95. The molecule has 6 heteroatoms. The zero-order valence-electron chi connectivity index (χ0n) is 32.1. The minimum absolute atomic E-state index is 0.771. The standard InChI is InChI=1S/C54H33N2O2PS/c60-59-52-28-26-36(34-12-9-14-38(30-34)55-44-20-5-1-16-40(44)41-17-2-6-21-45(41)55)32-50(52)57-48-24-11-25-49(54(48)59)58-51-33-37(27-29-53(51)59)35-13-10-15-39(31-35)56-46-22-7-3-18-42(46)43-19-4-8-23-47(43)56/h1-33H. The van der Waals surface area contributed by atoms with Crippen molar-refractivity contribution in [1.29, 1.82) is 0 Å². The van der Waals surface area contributed by atoms with Gasteiger partial charge in [0.15, 0.2) is 0 Å². The minimum Gasteiger partial charge on any atom is -0.456 e. The third-order valence-electron chi connectivity index (χ3n) is 12.4. The van der Waals surface area contributed by atoms with Crippen molar-refractivity contribution in [3.8, 4) is 56.6 Å². The fraction of sp³-hybridized carbons (Fsp3) is 0. The van der Waals surface area contributed by atoms with Crippen LogP contribution in [-0.2, 0) is 11.8 Å². The molecule has 0 unspecified atom stereocenters. The summed E-state index contributed by atoms with van der Waals surface area (Å²) in [7, 11) is 0. The molecule has 0 saturated carbocycles. The van der Waals surface area contributed by atoms with Crippen molar-refractivity contribution in [1.82, 2.24) is 9.13 Å². The highest BCUT2D eigenvalue weighted by Crippen LogP contribution is 2.59. The lowest BCUT2D eigenvalue weighted by atomic mass is 10.0. The second kappa shape index (κ2) is 12.7. The van der Waals surface area contributed by atoms with Crippen LogP contribution in [0.25, 0.3) is 77.2 Å². The summed E-state index contributed by atoms with van der Waals surface area (Å²) in [5.41, 5.74) is 11.3. The van der Waals surface area contributed by atoms with Gasteiger partial charge >= 0.3 is 0 Å². The highest BCUT2D eigenvalue weighted by atomic mass is 32.4. The number of hydrogen-bond acceptors (Lipinski definition) is 3. The van der Waals surface area contributed by atoms with Gasteiger partial charge in [-0.2, -0.15) is 0 Å². The molecule has 0 fully saturated rings. The van der Waals surface area contributed by atoms with E-state index in [1.54, 1.807) is 0 Å². The van der Waals surface area contributed by atoms with Crippen molar-refractivity contribution >= 4 is 77.4 Å². The summed E-state index contributed by atoms with van der Waals surface area (Å²) in [4.78, 5) is 0. The third-order valence-corrected chi connectivity index (χ3v) is 17.2. The molecule has 0 spiro atoms. The van der Waals surface area contributed by atoms with E-state index in [2.05, 4.69) is 191 Å². The minimum atomic E-state index is -2.57. The number of rotatable bonds is 4. The lowest BCUT2D eigenvalue weighted by Gasteiger charge is -2.37. The second-order valence-corrected chi connectivity index (χ2v) is 19.9. The number of aromatic nitrogens is 2. The summed E-state index contributed by atoms with van der Waals surface area (Å²) in [6, 6.07) is 68.7. The summed E-state index contributed by atoms with van der Waals surface area (Å²) in [6.07, 6.45) is 0. The predicted molar refractivity (Wildman–Crippen MR) is 252 cm³/mol. The van der Waals surface area contributed by atoms with Gasteiger partial charge < -0.3 is 18.6 Å². The molecule has 0 bridgehead atoms. The average molecular weight is 805 g/mol. The highest BCUT2D eigenvalue weighted by molar-refractivity contribution is 8.26. The quantitative estimate of drug-likeness (QED) is 0.166. The lowest BCUT2D eigenvalue weighted by Crippen LogP contribution is -2.34. The number of benzene rings is 9. The Bertz CT molecular complexity index is 3330. The summed E-state index contributed by atoms with van der Waals surface area (Å²) in [5.74, 6) is 3.15. The van der Waals surface area contributed by atoms with E-state index in [0.717, 1.165) is 72.5 Å². The van der Waals surface area contributed by atoms with Gasteiger partial charge in [-0.1, -0.05) is 127 Å². The van der Waals surface area contributed by atoms with Crippen LogP contribution >= 0.6 is 6.04 Å². The SMILES string of the molecule is S=P12c3ccc(-c4cccc(-n5c6ccccc6c6ccccc65)c4)cc3Oc3cccc(c31)Oc1cc(-c3cccc(-n4c5ccccc5c5ccccc54)c3)ccc12. The Hall–Kier alpha value is -7.17. The molecule has 0 N–H and O–H groups in total. The van der Waals surface area contributed by atoms with Gasteiger partial charge in [0.1, 0.15) is 23.0 Å². The number of ether oxygens (including phenoxy) is 2. The maximum Gasteiger partial charge on any atom is 0.140 e. The predicted octanol–water partition coefficient (Wildman–Crippen LogP) is 13.2. The Morgan fingerprint density at radius 2 is 0.700 bits per heavy atom. The zero-order valence-corrected chi connectivity index (χ0v) is 33.8. The van der Waals surface area contributed by atoms with Crippen LogP contribution in [0.5, 0.6) is 23.0 Å². The van der Waals surface area contributed by atoms with Gasteiger partial charge in [-0.15, -0.1) is 0 Å². The number of fused-ring (bicyclic) bond motifs is 10. The Morgan fingerprint density at radius 3 is 1.12 bits per heavy atom. The molecule has 9 aromatic carbocycles. The van der Waals surface area contributed by atoms with E-state index in [4.69, 9.17) is 21.3 Å². The van der Waals surface area contributed by atoms with E-state index in [1.807, 2.05) is 18.2 Å². The van der Waals surface area contributed by atoms with E-state index in [-0.39, 0.29) is 0 Å². The summed E-state index contributed by atoms with van der Waals surface area (Å²) in [6.45, 7) is 0. The molecule has 0 saturated heterocycles. The second-order valence-electron chi connectivity index (χ2n) is 15.6. The molecule has 13 rings (SSSR count). The van der Waals surface area contributed by atoms with Crippen molar-refractivity contribution in [2.75, 3.05) is 0 Å². The Kier molecular flexibility index (Phi) is 7.13. The van der Waals surface area contributed by atoms with Crippen LogP contribution in [0, 0.1) is 0 Å². The Balaban J connectivity index is 0.910. The molecule has 0 atom stereocenters. The summed E-state index contributed by atoms with van der Waals surface area (Å²) < 4.78 is 18.2. The number of nitrogens with zero attached hydrogens (tertiary/aromatic N) is 2. The number of para-hydroxylation sites is 4. The molecule has 0 aliphatic carbocycles. The molecular formula is C54H33N2O2PS. The molecule has 2 aliphatic rings. The first-order valence-corrected chi connectivity index (χ1v) is 23.0.